The van der Waals surface area contributed by atoms with Crippen molar-refractivity contribution in [2.45, 2.75) is 20.8 Å². The minimum Gasteiger partial charge on any atom is -0.360 e. The highest BCUT2D eigenvalue weighted by Crippen LogP contribution is 2.12. The van der Waals surface area contributed by atoms with Gasteiger partial charge in [-0.3, -0.25) is 14.3 Å². The number of amides is 2. The van der Waals surface area contributed by atoms with Crippen LogP contribution in [0, 0.1) is 19.8 Å². The van der Waals surface area contributed by atoms with Gasteiger partial charge in [-0.15, -0.1) is 0 Å². The first-order valence-corrected chi connectivity index (χ1v) is 9.88. The maximum Gasteiger partial charge on any atom is 0.245 e. The summed E-state index contributed by atoms with van der Waals surface area (Å²) in [4.78, 5) is 23.8. The van der Waals surface area contributed by atoms with Crippen LogP contribution in [0.2, 0.25) is 0 Å². The van der Waals surface area contributed by atoms with Crippen molar-refractivity contribution in [2.24, 2.45) is 5.92 Å². The lowest BCUT2D eigenvalue weighted by molar-refractivity contribution is -0.126. The number of aromatic nitrogens is 1. The average Bonchev–Trinajstić information content (AvgIpc) is 2.98. The molecule has 3 N–H and O–H groups in total. The third-order valence-electron chi connectivity index (χ3n) is 3.56. The van der Waals surface area contributed by atoms with Crippen LogP contribution in [0.15, 0.2) is 34.9 Å². The normalized spacial score (nSPS) is 12.3. The van der Waals surface area contributed by atoms with Crippen molar-refractivity contribution in [1.82, 2.24) is 10.5 Å². The van der Waals surface area contributed by atoms with Crippen molar-refractivity contribution in [3.05, 3.63) is 41.7 Å². The summed E-state index contributed by atoms with van der Waals surface area (Å²) < 4.78 is 31.6. The Morgan fingerprint density at radius 1 is 1.19 bits per heavy atom. The summed E-state index contributed by atoms with van der Waals surface area (Å²) in [6, 6.07) is 8.39. The molecule has 1 aromatic carbocycles. The van der Waals surface area contributed by atoms with Crippen LogP contribution in [0.3, 0.4) is 0 Å². The van der Waals surface area contributed by atoms with Crippen LogP contribution in [0.5, 0.6) is 0 Å². The lowest BCUT2D eigenvalue weighted by Gasteiger charge is -2.14. The zero-order chi connectivity index (χ0) is 20.0. The molecule has 1 unspecified atom stereocenters. The number of carbonyl (C=O) groups excluding carboxylic acids is 2. The molecule has 0 spiro atoms. The number of nitrogens with zero attached hydrogens (tertiary/aromatic N) is 1. The molecule has 0 radical (unpaired) electrons. The first-order valence-electron chi connectivity index (χ1n) is 8.22. The van der Waals surface area contributed by atoms with Crippen LogP contribution in [0.4, 0.5) is 11.5 Å². The van der Waals surface area contributed by atoms with Crippen LogP contribution in [-0.2, 0) is 19.6 Å². The number of carbonyl (C=O) groups is 2. The molecular weight excluding hydrogens is 372 g/mol. The Morgan fingerprint density at radius 2 is 1.85 bits per heavy atom. The number of benzene rings is 1. The fraction of sp³-hybridized carbons (Fsp3) is 0.353. The number of anilines is 2. The second-order valence-corrected chi connectivity index (χ2v) is 8.01. The molecule has 1 heterocycles. The highest BCUT2D eigenvalue weighted by atomic mass is 32.2. The van der Waals surface area contributed by atoms with Gasteiger partial charge in [0, 0.05) is 11.8 Å². The maximum absolute atomic E-state index is 12.2. The predicted octanol–water partition coefficient (Wildman–Crippen LogP) is 1.42. The van der Waals surface area contributed by atoms with Crippen molar-refractivity contribution >= 4 is 33.3 Å². The van der Waals surface area contributed by atoms with Crippen molar-refractivity contribution in [3.8, 4) is 0 Å². The Hall–Kier alpha value is -2.88. The van der Waals surface area contributed by atoms with E-state index in [-0.39, 0.29) is 12.4 Å². The molecule has 27 heavy (non-hydrogen) atoms. The number of sulfonamides is 1. The Labute approximate surface area is 157 Å². The quantitative estimate of drug-likeness (QED) is 0.621. The molecule has 0 bridgehead atoms. The summed E-state index contributed by atoms with van der Waals surface area (Å²) in [6.45, 7) is 4.74. The van der Waals surface area contributed by atoms with E-state index in [1.54, 1.807) is 31.2 Å². The zero-order valence-electron chi connectivity index (χ0n) is 15.3. The molecule has 146 valence electrons. The molecule has 0 aliphatic rings. The summed E-state index contributed by atoms with van der Waals surface area (Å²) in [7, 11) is -3.71. The van der Waals surface area contributed by atoms with E-state index in [1.807, 2.05) is 6.92 Å². The van der Waals surface area contributed by atoms with Gasteiger partial charge in [0.1, 0.15) is 5.76 Å². The number of rotatable bonds is 8. The Kier molecular flexibility index (Phi) is 6.56. The summed E-state index contributed by atoms with van der Waals surface area (Å²) in [5.41, 5.74) is 1.43. The van der Waals surface area contributed by atoms with Crippen LogP contribution < -0.4 is 15.4 Å². The molecule has 0 aliphatic heterocycles. The molecule has 0 saturated heterocycles. The van der Waals surface area contributed by atoms with Crippen molar-refractivity contribution in [1.29, 1.82) is 0 Å². The third-order valence-corrected chi connectivity index (χ3v) is 5.05. The smallest absolute Gasteiger partial charge is 0.245 e. The van der Waals surface area contributed by atoms with E-state index in [4.69, 9.17) is 4.52 Å². The lowest BCUT2D eigenvalue weighted by Crippen LogP contribution is -2.38. The minimum atomic E-state index is -3.71. The maximum atomic E-state index is 12.2. The molecule has 9 nitrogen and oxygen atoms in total. The second kappa shape index (κ2) is 8.67. The van der Waals surface area contributed by atoms with Crippen LogP contribution in [0.25, 0.3) is 0 Å². The largest absolute Gasteiger partial charge is 0.360 e. The van der Waals surface area contributed by atoms with Gasteiger partial charge < -0.3 is 15.2 Å². The van der Waals surface area contributed by atoms with E-state index < -0.39 is 33.5 Å². The third kappa shape index (κ3) is 6.74. The molecule has 2 rings (SSSR count). The van der Waals surface area contributed by atoms with Crippen molar-refractivity contribution in [2.75, 3.05) is 22.3 Å². The van der Waals surface area contributed by atoms with Crippen molar-refractivity contribution in [3.63, 3.8) is 0 Å². The molecule has 0 aliphatic carbocycles. The molecule has 2 aromatic rings. The average molecular weight is 394 g/mol. The van der Waals surface area contributed by atoms with Gasteiger partial charge in [-0.05, 0) is 26.0 Å². The Balaban J connectivity index is 1.81. The SMILES string of the molecule is Cc1ccc(NS(=O)(=O)CC(C)C(=O)NCC(=O)Nc2cc(C)on2)cc1. The Bertz CT molecular complexity index is 906. The number of hydrogen-bond donors (Lipinski definition) is 3. The van der Waals surface area contributed by atoms with Gasteiger partial charge in [-0.1, -0.05) is 29.8 Å². The first kappa shape index (κ1) is 20.4. The molecule has 2 amide bonds. The van der Waals surface area contributed by atoms with Gasteiger partial charge in [0.25, 0.3) is 0 Å². The molecule has 10 heteroatoms. The van der Waals surface area contributed by atoms with Gasteiger partial charge in [0.05, 0.1) is 18.2 Å². The molecule has 0 saturated carbocycles. The van der Waals surface area contributed by atoms with Gasteiger partial charge >= 0.3 is 0 Å². The van der Waals surface area contributed by atoms with Crippen molar-refractivity contribution < 1.29 is 22.5 Å². The Morgan fingerprint density at radius 3 is 2.44 bits per heavy atom. The monoisotopic (exact) mass is 394 g/mol. The second-order valence-electron chi connectivity index (χ2n) is 6.24. The van der Waals surface area contributed by atoms with E-state index in [9.17, 15) is 18.0 Å². The van der Waals surface area contributed by atoms with E-state index in [0.29, 0.717) is 11.4 Å². The highest BCUT2D eigenvalue weighted by Gasteiger charge is 2.22. The van der Waals surface area contributed by atoms with Gasteiger partial charge in [-0.2, -0.15) is 0 Å². The van der Waals surface area contributed by atoms with E-state index in [2.05, 4.69) is 20.5 Å². The molecular formula is C17H22N4O5S. The molecule has 1 aromatic heterocycles. The van der Waals surface area contributed by atoms with Gasteiger partial charge in [0.2, 0.25) is 21.8 Å². The van der Waals surface area contributed by atoms with Gasteiger partial charge in [-0.25, -0.2) is 8.42 Å². The minimum absolute atomic E-state index is 0.240. The fourth-order valence-corrected chi connectivity index (χ4v) is 3.59. The van der Waals surface area contributed by atoms with Crippen LogP contribution in [0.1, 0.15) is 18.2 Å². The van der Waals surface area contributed by atoms with Crippen LogP contribution in [-0.4, -0.2) is 37.7 Å². The summed E-state index contributed by atoms with van der Waals surface area (Å²) in [6.07, 6.45) is 0. The van der Waals surface area contributed by atoms with E-state index in [0.717, 1.165) is 5.56 Å². The van der Waals surface area contributed by atoms with E-state index in [1.165, 1.54) is 13.0 Å². The topological polar surface area (TPSA) is 130 Å². The first-order chi connectivity index (χ1) is 12.6. The number of aryl methyl sites for hydroxylation is 2. The number of hydrogen-bond acceptors (Lipinski definition) is 6. The van der Waals surface area contributed by atoms with E-state index >= 15 is 0 Å². The number of nitrogens with one attached hydrogen (secondary N) is 3. The van der Waals surface area contributed by atoms with Gasteiger partial charge in [0.15, 0.2) is 5.82 Å². The summed E-state index contributed by atoms with van der Waals surface area (Å²) in [5, 5.41) is 8.46. The lowest BCUT2D eigenvalue weighted by atomic mass is 10.2. The summed E-state index contributed by atoms with van der Waals surface area (Å²) >= 11 is 0. The molecule has 1 atom stereocenters. The standard InChI is InChI=1S/C17H22N4O5S/c1-11-4-6-14(7-5-11)21-27(24,25)10-12(2)17(23)18-9-16(22)19-15-8-13(3)26-20-15/h4-8,12,21H,9-10H2,1-3H3,(H,18,23)(H,19,20,22). The highest BCUT2D eigenvalue weighted by molar-refractivity contribution is 7.92. The fourth-order valence-electron chi connectivity index (χ4n) is 2.20. The molecule has 0 fully saturated rings. The van der Waals surface area contributed by atoms with Crippen LogP contribution >= 0.6 is 0 Å². The summed E-state index contributed by atoms with van der Waals surface area (Å²) in [5.74, 6) is -1.51. The predicted molar refractivity (Wildman–Crippen MR) is 101 cm³/mol. The zero-order valence-corrected chi connectivity index (χ0v) is 16.1.